The summed E-state index contributed by atoms with van der Waals surface area (Å²) in [7, 11) is 0. The number of carbonyl (C=O) groups excluding carboxylic acids is 1. The minimum Gasteiger partial charge on any atom is -0.381 e. The zero-order valence-electron chi connectivity index (χ0n) is 10.8. The van der Waals surface area contributed by atoms with Gasteiger partial charge in [-0.05, 0) is 18.8 Å². The Bertz CT molecular complexity index is 386. The molecule has 1 aliphatic rings. The van der Waals surface area contributed by atoms with Crippen molar-refractivity contribution in [3.8, 4) is 0 Å². The van der Waals surface area contributed by atoms with E-state index in [0.29, 0.717) is 18.9 Å². The lowest BCUT2D eigenvalue weighted by molar-refractivity contribution is -0.122. The quantitative estimate of drug-likeness (QED) is 0.856. The van der Waals surface area contributed by atoms with Crippen LogP contribution in [0, 0.1) is 5.92 Å². The number of hydrogen-bond donors (Lipinski definition) is 1. The SMILES string of the molecule is CCc1nc(CCNC(=O)C[C@H]2CCOC2)cs1. The Labute approximate surface area is 112 Å². The molecule has 5 heteroatoms. The molecule has 1 N–H and O–H groups in total. The van der Waals surface area contributed by atoms with Gasteiger partial charge in [-0.15, -0.1) is 11.3 Å². The molecular weight excluding hydrogens is 248 g/mol. The topological polar surface area (TPSA) is 51.2 Å². The summed E-state index contributed by atoms with van der Waals surface area (Å²) in [5.41, 5.74) is 1.08. The number of thiazole rings is 1. The summed E-state index contributed by atoms with van der Waals surface area (Å²) in [6.07, 6.45) is 3.42. The van der Waals surface area contributed by atoms with E-state index in [0.717, 1.165) is 38.2 Å². The van der Waals surface area contributed by atoms with Crippen LogP contribution in [-0.4, -0.2) is 30.6 Å². The van der Waals surface area contributed by atoms with Crippen LogP contribution < -0.4 is 5.32 Å². The van der Waals surface area contributed by atoms with Crippen LogP contribution in [0.4, 0.5) is 0 Å². The molecule has 0 bridgehead atoms. The molecule has 1 atom stereocenters. The summed E-state index contributed by atoms with van der Waals surface area (Å²) in [6.45, 7) is 4.32. The second-order valence-corrected chi connectivity index (χ2v) is 5.56. The number of aryl methyl sites for hydroxylation is 1. The fourth-order valence-electron chi connectivity index (χ4n) is 2.03. The standard InChI is InChI=1S/C13H20N2O2S/c1-2-13-15-11(9-18-13)3-5-14-12(16)7-10-4-6-17-8-10/h9-10H,2-8H2,1H3,(H,14,16)/t10-/m1/s1. The van der Waals surface area contributed by atoms with Gasteiger partial charge in [-0.3, -0.25) is 4.79 Å². The molecule has 1 fully saturated rings. The number of amides is 1. The minimum absolute atomic E-state index is 0.136. The highest BCUT2D eigenvalue weighted by molar-refractivity contribution is 7.09. The van der Waals surface area contributed by atoms with E-state index in [1.165, 1.54) is 5.01 Å². The molecular formula is C13H20N2O2S. The average molecular weight is 268 g/mol. The van der Waals surface area contributed by atoms with Gasteiger partial charge in [0.2, 0.25) is 5.91 Å². The van der Waals surface area contributed by atoms with Crippen molar-refractivity contribution in [2.75, 3.05) is 19.8 Å². The van der Waals surface area contributed by atoms with E-state index in [-0.39, 0.29) is 5.91 Å². The lowest BCUT2D eigenvalue weighted by Gasteiger charge is -2.07. The number of hydrogen-bond acceptors (Lipinski definition) is 4. The fourth-order valence-corrected chi connectivity index (χ4v) is 2.81. The first-order valence-corrected chi connectivity index (χ1v) is 7.43. The van der Waals surface area contributed by atoms with Crippen LogP contribution in [0.2, 0.25) is 0 Å². The second kappa shape index (κ2) is 6.85. The molecule has 100 valence electrons. The molecule has 1 aromatic heterocycles. The third-order valence-electron chi connectivity index (χ3n) is 3.10. The maximum absolute atomic E-state index is 11.7. The summed E-state index contributed by atoms with van der Waals surface area (Å²) >= 11 is 1.69. The van der Waals surface area contributed by atoms with Gasteiger partial charge in [0.25, 0.3) is 0 Å². The monoisotopic (exact) mass is 268 g/mol. The number of ether oxygens (including phenoxy) is 1. The summed E-state index contributed by atoms with van der Waals surface area (Å²) in [5, 5.41) is 6.20. The molecule has 1 saturated heterocycles. The van der Waals surface area contributed by atoms with Gasteiger partial charge >= 0.3 is 0 Å². The zero-order valence-corrected chi connectivity index (χ0v) is 11.6. The molecule has 2 rings (SSSR count). The molecule has 0 aromatic carbocycles. The Morgan fingerprint density at radius 3 is 3.22 bits per heavy atom. The van der Waals surface area contributed by atoms with Crippen LogP contribution in [0.25, 0.3) is 0 Å². The van der Waals surface area contributed by atoms with Gasteiger partial charge in [0.05, 0.1) is 10.7 Å². The molecule has 4 nitrogen and oxygen atoms in total. The maximum atomic E-state index is 11.7. The van der Waals surface area contributed by atoms with Crippen LogP contribution in [0.15, 0.2) is 5.38 Å². The van der Waals surface area contributed by atoms with Crippen molar-refractivity contribution in [2.45, 2.75) is 32.6 Å². The summed E-state index contributed by atoms with van der Waals surface area (Å²) < 4.78 is 5.26. The Balaban J connectivity index is 1.63. The van der Waals surface area contributed by atoms with Crippen molar-refractivity contribution in [1.29, 1.82) is 0 Å². The van der Waals surface area contributed by atoms with Gasteiger partial charge in [-0.1, -0.05) is 6.92 Å². The van der Waals surface area contributed by atoms with E-state index in [1.807, 2.05) is 0 Å². The molecule has 0 unspecified atom stereocenters. The van der Waals surface area contributed by atoms with Crippen molar-refractivity contribution >= 4 is 17.2 Å². The smallest absolute Gasteiger partial charge is 0.220 e. The first-order chi connectivity index (χ1) is 8.78. The lowest BCUT2D eigenvalue weighted by atomic mass is 10.1. The van der Waals surface area contributed by atoms with Crippen LogP contribution in [-0.2, 0) is 22.4 Å². The predicted molar refractivity (Wildman–Crippen MR) is 71.7 cm³/mol. The molecule has 0 radical (unpaired) electrons. The largest absolute Gasteiger partial charge is 0.381 e. The number of carbonyl (C=O) groups is 1. The molecule has 1 aliphatic heterocycles. The van der Waals surface area contributed by atoms with E-state index < -0.39 is 0 Å². The van der Waals surface area contributed by atoms with Gasteiger partial charge in [-0.2, -0.15) is 0 Å². The molecule has 2 heterocycles. The predicted octanol–water partition coefficient (Wildman–Crippen LogP) is 1.79. The normalized spacial score (nSPS) is 19.1. The maximum Gasteiger partial charge on any atom is 0.220 e. The first-order valence-electron chi connectivity index (χ1n) is 6.55. The molecule has 0 aliphatic carbocycles. The minimum atomic E-state index is 0.136. The highest BCUT2D eigenvalue weighted by atomic mass is 32.1. The van der Waals surface area contributed by atoms with Gasteiger partial charge in [0.15, 0.2) is 0 Å². The summed E-state index contributed by atoms with van der Waals surface area (Å²) in [6, 6.07) is 0. The number of nitrogens with one attached hydrogen (secondary N) is 1. The van der Waals surface area contributed by atoms with E-state index in [9.17, 15) is 4.79 Å². The third kappa shape index (κ3) is 4.07. The Hall–Kier alpha value is -0.940. The van der Waals surface area contributed by atoms with Crippen molar-refractivity contribution in [1.82, 2.24) is 10.3 Å². The first kappa shape index (κ1) is 13.5. The van der Waals surface area contributed by atoms with E-state index in [4.69, 9.17) is 4.74 Å². The lowest BCUT2D eigenvalue weighted by Crippen LogP contribution is -2.27. The van der Waals surface area contributed by atoms with E-state index in [2.05, 4.69) is 22.6 Å². The second-order valence-electron chi connectivity index (χ2n) is 4.62. The number of aromatic nitrogens is 1. The van der Waals surface area contributed by atoms with Crippen LogP contribution >= 0.6 is 11.3 Å². The van der Waals surface area contributed by atoms with Crippen LogP contribution in [0.5, 0.6) is 0 Å². The number of nitrogens with zero attached hydrogens (tertiary/aromatic N) is 1. The highest BCUT2D eigenvalue weighted by Crippen LogP contribution is 2.15. The van der Waals surface area contributed by atoms with Crippen molar-refractivity contribution in [3.63, 3.8) is 0 Å². The summed E-state index contributed by atoms with van der Waals surface area (Å²) in [4.78, 5) is 16.1. The Morgan fingerprint density at radius 2 is 2.56 bits per heavy atom. The Morgan fingerprint density at radius 1 is 1.67 bits per heavy atom. The fraction of sp³-hybridized carbons (Fsp3) is 0.692. The van der Waals surface area contributed by atoms with Gasteiger partial charge < -0.3 is 10.1 Å². The average Bonchev–Trinajstić information content (AvgIpc) is 3.00. The van der Waals surface area contributed by atoms with Crippen LogP contribution in [0.1, 0.15) is 30.5 Å². The van der Waals surface area contributed by atoms with Gasteiger partial charge in [0.1, 0.15) is 0 Å². The van der Waals surface area contributed by atoms with Crippen LogP contribution in [0.3, 0.4) is 0 Å². The summed E-state index contributed by atoms with van der Waals surface area (Å²) in [5.74, 6) is 0.549. The molecule has 18 heavy (non-hydrogen) atoms. The highest BCUT2D eigenvalue weighted by Gasteiger charge is 2.18. The van der Waals surface area contributed by atoms with Crippen molar-refractivity contribution in [3.05, 3.63) is 16.1 Å². The Kier molecular flexibility index (Phi) is 5.13. The molecule has 1 aromatic rings. The number of rotatable bonds is 6. The van der Waals surface area contributed by atoms with Crippen molar-refractivity contribution < 1.29 is 9.53 Å². The molecule has 0 spiro atoms. The van der Waals surface area contributed by atoms with Crippen molar-refractivity contribution in [2.24, 2.45) is 5.92 Å². The molecule has 0 saturated carbocycles. The molecule has 1 amide bonds. The van der Waals surface area contributed by atoms with Gasteiger partial charge in [0, 0.05) is 38.0 Å². The third-order valence-corrected chi connectivity index (χ3v) is 4.15. The van der Waals surface area contributed by atoms with Gasteiger partial charge in [-0.25, -0.2) is 4.98 Å². The van der Waals surface area contributed by atoms with E-state index >= 15 is 0 Å². The van der Waals surface area contributed by atoms with E-state index in [1.54, 1.807) is 11.3 Å². The zero-order chi connectivity index (χ0) is 12.8.